The summed E-state index contributed by atoms with van der Waals surface area (Å²) < 4.78 is 18.8. The smallest absolute Gasteiger partial charge is 0.185 e. The van der Waals surface area contributed by atoms with E-state index >= 15 is 0 Å². The van der Waals surface area contributed by atoms with Crippen molar-refractivity contribution in [1.82, 2.24) is 4.98 Å². The van der Waals surface area contributed by atoms with Crippen LogP contribution >= 0.6 is 11.3 Å². The molecule has 6 heteroatoms. The first kappa shape index (κ1) is 15.2. The molecule has 0 amide bonds. The van der Waals surface area contributed by atoms with Gasteiger partial charge in [0, 0.05) is 30.5 Å². The van der Waals surface area contributed by atoms with Crippen LogP contribution in [-0.2, 0) is 6.61 Å². The predicted molar refractivity (Wildman–Crippen MR) is 84.9 cm³/mol. The van der Waals surface area contributed by atoms with Crippen molar-refractivity contribution in [2.24, 2.45) is 5.92 Å². The fraction of sp³-hybridized carbons (Fsp3) is 0.438. The lowest BCUT2D eigenvalue weighted by Crippen LogP contribution is -2.37. The van der Waals surface area contributed by atoms with E-state index in [0.29, 0.717) is 18.3 Å². The van der Waals surface area contributed by atoms with Gasteiger partial charge < -0.3 is 14.7 Å². The number of aromatic nitrogens is 1. The summed E-state index contributed by atoms with van der Waals surface area (Å²) in [4.78, 5) is 6.66. The summed E-state index contributed by atoms with van der Waals surface area (Å²) >= 11 is 1.56. The monoisotopic (exact) mass is 322 g/mol. The molecule has 0 saturated carbocycles. The number of aliphatic hydroxyl groups is 1. The third kappa shape index (κ3) is 3.75. The van der Waals surface area contributed by atoms with Crippen LogP contribution in [0.1, 0.15) is 18.5 Å². The average molecular weight is 322 g/mol. The van der Waals surface area contributed by atoms with Gasteiger partial charge in [-0.2, -0.15) is 0 Å². The molecule has 1 aromatic heterocycles. The van der Waals surface area contributed by atoms with Crippen molar-refractivity contribution in [2.75, 3.05) is 24.6 Å². The van der Waals surface area contributed by atoms with Crippen LogP contribution in [0.25, 0.3) is 0 Å². The molecule has 1 aliphatic rings. The van der Waals surface area contributed by atoms with Gasteiger partial charge >= 0.3 is 0 Å². The molecule has 1 aromatic carbocycles. The Morgan fingerprint density at radius 3 is 3.14 bits per heavy atom. The van der Waals surface area contributed by atoms with Gasteiger partial charge in [0.1, 0.15) is 11.6 Å². The molecule has 3 rings (SSSR count). The van der Waals surface area contributed by atoms with Crippen LogP contribution in [0.5, 0.6) is 5.75 Å². The van der Waals surface area contributed by atoms with E-state index in [1.807, 2.05) is 5.38 Å². The second-order valence-corrected chi connectivity index (χ2v) is 6.34. The number of anilines is 1. The van der Waals surface area contributed by atoms with E-state index in [4.69, 9.17) is 9.84 Å². The maximum absolute atomic E-state index is 13.1. The van der Waals surface area contributed by atoms with Gasteiger partial charge in [-0.1, -0.05) is 6.07 Å². The average Bonchev–Trinajstić information content (AvgIpc) is 3.02. The minimum atomic E-state index is -0.276. The molecule has 4 nitrogen and oxygen atoms in total. The van der Waals surface area contributed by atoms with Gasteiger partial charge in [-0.15, -0.1) is 11.3 Å². The maximum Gasteiger partial charge on any atom is 0.185 e. The Kier molecular flexibility index (Phi) is 4.90. The summed E-state index contributed by atoms with van der Waals surface area (Å²) in [6.07, 6.45) is 2.19. The number of nitrogens with zero attached hydrogens (tertiary/aromatic N) is 2. The molecule has 22 heavy (non-hydrogen) atoms. The number of thiazole rings is 1. The molecule has 2 heterocycles. The van der Waals surface area contributed by atoms with E-state index in [-0.39, 0.29) is 12.4 Å². The van der Waals surface area contributed by atoms with Gasteiger partial charge in [0.25, 0.3) is 0 Å². The summed E-state index contributed by atoms with van der Waals surface area (Å²) in [6, 6.07) is 6.26. The summed E-state index contributed by atoms with van der Waals surface area (Å²) in [7, 11) is 0. The fourth-order valence-corrected chi connectivity index (χ4v) is 3.51. The SMILES string of the molecule is OCc1csc(N2CCC[C@H](COc3cccc(F)c3)C2)n1. The van der Waals surface area contributed by atoms with Gasteiger partial charge in [0.05, 0.1) is 18.9 Å². The quantitative estimate of drug-likeness (QED) is 0.919. The number of hydrogen-bond acceptors (Lipinski definition) is 5. The largest absolute Gasteiger partial charge is 0.493 e. The van der Waals surface area contributed by atoms with Crippen molar-refractivity contribution in [2.45, 2.75) is 19.4 Å². The molecule has 0 unspecified atom stereocenters. The van der Waals surface area contributed by atoms with Crippen molar-refractivity contribution in [3.05, 3.63) is 41.2 Å². The first-order valence-corrected chi connectivity index (χ1v) is 8.31. The fourth-order valence-electron chi connectivity index (χ4n) is 2.66. The van der Waals surface area contributed by atoms with Crippen molar-refractivity contribution in [3.63, 3.8) is 0 Å². The first-order chi connectivity index (χ1) is 10.7. The second-order valence-electron chi connectivity index (χ2n) is 5.50. The lowest BCUT2D eigenvalue weighted by Gasteiger charge is -2.32. The minimum Gasteiger partial charge on any atom is -0.493 e. The molecular weight excluding hydrogens is 303 g/mol. The zero-order chi connectivity index (χ0) is 15.4. The highest BCUT2D eigenvalue weighted by Gasteiger charge is 2.22. The normalized spacial score (nSPS) is 18.5. The van der Waals surface area contributed by atoms with Crippen molar-refractivity contribution >= 4 is 16.5 Å². The molecule has 1 N–H and O–H groups in total. The number of halogens is 1. The van der Waals surface area contributed by atoms with Crippen LogP contribution < -0.4 is 9.64 Å². The molecule has 0 radical (unpaired) electrons. The van der Waals surface area contributed by atoms with Gasteiger partial charge in [-0.05, 0) is 25.0 Å². The van der Waals surface area contributed by atoms with Crippen molar-refractivity contribution < 1.29 is 14.2 Å². The lowest BCUT2D eigenvalue weighted by atomic mass is 9.99. The Balaban J connectivity index is 1.56. The van der Waals surface area contributed by atoms with E-state index in [1.54, 1.807) is 23.5 Å². The van der Waals surface area contributed by atoms with Crippen LogP contribution in [0.3, 0.4) is 0 Å². The van der Waals surface area contributed by atoms with Gasteiger partial charge in [-0.25, -0.2) is 9.37 Å². The number of hydrogen-bond donors (Lipinski definition) is 1. The number of aliphatic hydroxyl groups excluding tert-OH is 1. The Labute approximate surface area is 133 Å². The topological polar surface area (TPSA) is 45.6 Å². The van der Waals surface area contributed by atoms with E-state index in [0.717, 1.165) is 36.8 Å². The highest BCUT2D eigenvalue weighted by Crippen LogP contribution is 2.27. The highest BCUT2D eigenvalue weighted by molar-refractivity contribution is 7.13. The molecular formula is C16H19FN2O2S. The number of benzene rings is 1. The molecule has 0 spiro atoms. The minimum absolute atomic E-state index is 0.0174. The van der Waals surface area contributed by atoms with Gasteiger partial charge in [0.15, 0.2) is 5.13 Å². The van der Waals surface area contributed by atoms with E-state index in [2.05, 4.69) is 9.88 Å². The third-order valence-electron chi connectivity index (χ3n) is 3.77. The zero-order valence-corrected chi connectivity index (χ0v) is 13.1. The zero-order valence-electron chi connectivity index (χ0n) is 12.2. The van der Waals surface area contributed by atoms with Crippen molar-refractivity contribution in [3.8, 4) is 5.75 Å². The van der Waals surface area contributed by atoms with Crippen LogP contribution in [-0.4, -0.2) is 29.8 Å². The van der Waals surface area contributed by atoms with Crippen LogP contribution in [0, 0.1) is 11.7 Å². The standard InChI is InChI=1S/C16H19FN2O2S/c17-13-4-1-5-15(7-13)21-10-12-3-2-6-19(8-12)16-18-14(9-20)11-22-16/h1,4-5,7,11-12,20H,2-3,6,8-10H2/t12-/m0/s1. The Hall–Kier alpha value is -1.66. The first-order valence-electron chi connectivity index (χ1n) is 7.43. The Bertz CT molecular complexity index is 620. The molecule has 0 bridgehead atoms. The molecule has 2 aromatic rings. The number of rotatable bonds is 5. The van der Waals surface area contributed by atoms with Crippen LogP contribution in [0.15, 0.2) is 29.6 Å². The van der Waals surface area contributed by atoms with Gasteiger partial charge in [-0.3, -0.25) is 0 Å². The maximum atomic E-state index is 13.1. The molecule has 1 atom stereocenters. The number of piperidine rings is 1. The summed E-state index contributed by atoms with van der Waals surface area (Å²) in [5, 5.41) is 12.0. The summed E-state index contributed by atoms with van der Waals surface area (Å²) in [6.45, 7) is 2.43. The summed E-state index contributed by atoms with van der Waals surface area (Å²) in [5.74, 6) is 0.703. The van der Waals surface area contributed by atoms with E-state index < -0.39 is 0 Å². The molecule has 118 valence electrons. The molecule has 1 fully saturated rings. The second kappa shape index (κ2) is 7.07. The lowest BCUT2D eigenvalue weighted by molar-refractivity contribution is 0.228. The Morgan fingerprint density at radius 2 is 2.36 bits per heavy atom. The van der Waals surface area contributed by atoms with Crippen LogP contribution in [0.4, 0.5) is 9.52 Å². The summed E-state index contributed by atoms with van der Waals surface area (Å²) in [5.41, 5.74) is 0.720. The van der Waals surface area contributed by atoms with Crippen molar-refractivity contribution in [1.29, 1.82) is 0 Å². The van der Waals surface area contributed by atoms with Gasteiger partial charge in [0.2, 0.25) is 0 Å². The highest BCUT2D eigenvalue weighted by atomic mass is 32.1. The van der Waals surface area contributed by atoms with Crippen LogP contribution in [0.2, 0.25) is 0 Å². The molecule has 1 aliphatic heterocycles. The number of ether oxygens (including phenoxy) is 1. The molecule has 0 aliphatic carbocycles. The third-order valence-corrected chi connectivity index (χ3v) is 4.72. The Morgan fingerprint density at radius 1 is 1.45 bits per heavy atom. The predicted octanol–water partition coefficient (Wildman–Crippen LogP) is 3.07. The van der Waals surface area contributed by atoms with E-state index in [1.165, 1.54) is 12.1 Å². The molecule has 1 saturated heterocycles. The van der Waals surface area contributed by atoms with E-state index in [9.17, 15) is 4.39 Å².